The maximum atomic E-state index is 14.8. The van der Waals surface area contributed by atoms with Gasteiger partial charge in [-0.1, -0.05) is 70.2 Å². The van der Waals surface area contributed by atoms with Gasteiger partial charge >= 0.3 is 0 Å². The Balaban J connectivity index is 1.61. The number of Topliss-reactive ketones (excluding diaryl/α,β-unsaturated/α-hetero) is 2. The molecule has 204 valence electrons. The summed E-state index contributed by atoms with van der Waals surface area (Å²) in [4.78, 5) is 45.5. The molecule has 6 heteroatoms. The zero-order chi connectivity index (χ0) is 28.2. The van der Waals surface area contributed by atoms with Gasteiger partial charge in [0.05, 0.1) is 24.6 Å². The van der Waals surface area contributed by atoms with Crippen molar-refractivity contribution in [1.82, 2.24) is 4.90 Å². The summed E-state index contributed by atoms with van der Waals surface area (Å²) in [5.41, 5.74) is 1.76. The molecule has 3 aliphatic heterocycles. The average molecular weight is 535 g/mol. The number of rotatable bonds is 6. The largest absolute Gasteiger partial charge is 0.494 e. The first kappa shape index (κ1) is 26.1. The number of amides is 1. The van der Waals surface area contributed by atoms with E-state index in [-0.39, 0.29) is 17.5 Å². The predicted molar refractivity (Wildman–Crippen MR) is 155 cm³/mol. The van der Waals surface area contributed by atoms with Crippen LogP contribution < -0.4 is 10.1 Å². The van der Waals surface area contributed by atoms with Gasteiger partial charge in [0.25, 0.3) is 0 Å². The first-order valence-electron chi connectivity index (χ1n) is 14.0. The van der Waals surface area contributed by atoms with E-state index in [1.165, 1.54) is 0 Å². The van der Waals surface area contributed by atoms with Gasteiger partial charge in [-0.2, -0.15) is 0 Å². The minimum Gasteiger partial charge on any atom is -0.494 e. The van der Waals surface area contributed by atoms with E-state index in [4.69, 9.17) is 4.74 Å². The number of fused-ring (bicyclic) bond motifs is 6. The highest BCUT2D eigenvalue weighted by molar-refractivity contribution is 6.15. The molecule has 1 saturated heterocycles. The zero-order valence-electron chi connectivity index (χ0n) is 23.3. The second-order valence-electron chi connectivity index (χ2n) is 11.9. The Labute approximate surface area is 235 Å². The van der Waals surface area contributed by atoms with Crippen molar-refractivity contribution in [3.63, 3.8) is 0 Å². The Morgan fingerprint density at radius 3 is 2.40 bits per heavy atom. The number of nitrogens with zero attached hydrogens (tertiary/aromatic N) is 1. The number of benzene rings is 3. The van der Waals surface area contributed by atoms with Gasteiger partial charge in [0.2, 0.25) is 5.91 Å². The Morgan fingerprint density at radius 1 is 0.975 bits per heavy atom. The lowest BCUT2D eigenvalue weighted by Gasteiger charge is -2.38. The third-order valence-corrected chi connectivity index (χ3v) is 8.47. The highest BCUT2D eigenvalue weighted by Gasteiger charge is 2.71. The minimum absolute atomic E-state index is 0.0724. The van der Waals surface area contributed by atoms with Gasteiger partial charge in [-0.25, -0.2) is 0 Å². The molecular formula is C34H34N2O4. The second kappa shape index (κ2) is 9.47. The maximum absolute atomic E-state index is 14.8. The average Bonchev–Trinajstić information content (AvgIpc) is 3.43. The number of hydrogen-bond acceptors (Lipinski definition) is 5. The molecule has 3 aliphatic rings. The molecule has 6 rings (SSSR count). The van der Waals surface area contributed by atoms with Crippen LogP contribution in [-0.2, 0) is 15.0 Å². The quantitative estimate of drug-likeness (QED) is 0.382. The molecule has 1 spiro atoms. The molecule has 0 unspecified atom stereocenters. The van der Waals surface area contributed by atoms with Crippen LogP contribution >= 0.6 is 0 Å². The van der Waals surface area contributed by atoms with Gasteiger partial charge in [0, 0.05) is 22.9 Å². The molecule has 3 heterocycles. The highest BCUT2D eigenvalue weighted by atomic mass is 16.5. The van der Waals surface area contributed by atoms with Gasteiger partial charge in [-0.3, -0.25) is 14.4 Å². The van der Waals surface area contributed by atoms with E-state index in [2.05, 4.69) is 5.32 Å². The molecule has 1 N–H and O–H groups in total. The summed E-state index contributed by atoms with van der Waals surface area (Å²) in [6.45, 7) is 8.25. The first-order valence-corrected chi connectivity index (χ1v) is 14.0. The number of para-hydroxylation sites is 1. The Kier molecular flexibility index (Phi) is 6.17. The Bertz CT molecular complexity index is 1530. The Morgan fingerprint density at radius 2 is 1.68 bits per heavy atom. The molecule has 6 nitrogen and oxygen atoms in total. The van der Waals surface area contributed by atoms with Crippen LogP contribution in [0.1, 0.15) is 67.2 Å². The summed E-state index contributed by atoms with van der Waals surface area (Å²) < 4.78 is 5.75. The third kappa shape index (κ3) is 3.73. The van der Waals surface area contributed by atoms with Crippen molar-refractivity contribution in [3.05, 3.63) is 101 Å². The van der Waals surface area contributed by atoms with E-state index in [0.29, 0.717) is 23.6 Å². The van der Waals surface area contributed by atoms with E-state index in [0.717, 1.165) is 23.1 Å². The molecule has 1 amide bonds. The fourth-order valence-electron chi connectivity index (χ4n) is 6.73. The fourth-order valence-corrected chi connectivity index (χ4v) is 6.73. The molecule has 0 aliphatic carbocycles. The van der Waals surface area contributed by atoms with Gasteiger partial charge in [0.1, 0.15) is 11.2 Å². The van der Waals surface area contributed by atoms with Crippen LogP contribution in [0.5, 0.6) is 5.75 Å². The molecule has 0 radical (unpaired) electrons. The van der Waals surface area contributed by atoms with Crippen molar-refractivity contribution in [2.24, 2.45) is 11.3 Å². The molecule has 0 saturated carbocycles. The van der Waals surface area contributed by atoms with E-state index in [1.807, 2.05) is 93.4 Å². The lowest BCUT2D eigenvalue weighted by Crippen LogP contribution is -2.50. The molecule has 0 bridgehead atoms. The van der Waals surface area contributed by atoms with Crippen molar-refractivity contribution in [1.29, 1.82) is 0 Å². The van der Waals surface area contributed by atoms with Crippen molar-refractivity contribution >= 4 is 29.2 Å². The molecule has 3 aromatic carbocycles. The number of anilines is 1. The van der Waals surface area contributed by atoms with Crippen LogP contribution in [0.15, 0.2) is 79.0 Å². The van der Waals surface area contributed by atoms with Crippen molar-refractivity contribution in [3.8, 4) is 5.75 Å². The lowest BCUT2D eigenvalue weighted by molar-refractivity contribution is -0.131. The molecule has 3 aromatic rings. The summed E-state index contributed by atoms with van der Waals surface area (Å²) in [6, 6.07) is 21.2. The van der Waals surface area contributed by atoms with Crippen LogP contribution in [0.3, 0.4) is 0 Å². The fraction of sp³-hybridized carbons (Fsp3) is 0.324. The highest BCUT2D eigenvalue weighted by Crippen LogP contribution is 2.62. The summed E-state index contributed by atoms with van der Waals surface area (Å²) in [5, 5.41) is 3.09. The number of ketones is 2. The van der Waals surface area contributed by atoms with Crippen LogP contribution in [0.4, 0.5) is 5.69 Å². The Hall–Kier alpha value is -4.19. The van der Waals surface area contributed by atoms with E-state index in [9.17, 15) is 14.4 Å². The monoisotopic (exact) mass is 534 g/mol. The number of carbonyl (C=O) groups is 3. The van der Waals surface area contributed by atoms with Crippen molar-refractivity contribution in [2.45, 2.75) is 51.6 Å². The van der Waals surface area contributed by atoms with Gasteiger partial charge in [-0.05, 0) is 59.5 Å². The van der Waals surface area contributed by atoms with Crippen LogP contribution in [0, 0.1) is 11.3 Å². The standard InChI is InChI=1S/C34H34N2O4/c1-5-20-40-23-16-14-22(15-17-23)29(37)27-28(31(38)33(2,3)4)36-19-18-21-10-6-7-11-24(21)30(36)34(27)25-12-8-9-13-26(25)35-32(34)39/h6-19,27-28,30H,5,20H2,1-4H3,(H,35,39)/t27-,28-,30+,34+/m0/s1. The SMILES string of the molecule is CCCOc1ccc(C(=O)[C@@H]2[C@@H](C(=O)C(C)(C)C)N3C=Cc4ccccc4[C@@H]3[C@]23C(=O)Nc2ccccc23)cc1. The van der Waals surface area contributed by atoms with Crippen LogP contribution in [-0.4, -0.2) is 35.0 Å². The lowest BCUT2D eigenvalue weighted by atomic mass is 9.62. The molecule has 4 atom stereocenters. The summed E-state index contributed by atoms with van der Waals surface area (Å²) in [5.74, 6) is -0.820. The number of ether oxygens (including phenoxy) is 1. The molecule has 1 fully saturated rings. The van der Waals surface area contributed by atoms with Gasteiger partial charge in [-0.15, -0.1) is 0 Å². The van der Waals surface area contributed by atoms with Crippen molar-refractivity contribution < 1.29 is 19.1 Å². The maximum Gasteiger partial charge on any atom is 0.238 e. The smallest absolute Gasteiger partial charge is 0.238 e. The van der Waals surface area contributed by atoms with E-state index >= 15 is 0 Å². The minimum atomic E-state index is -1.31. The second-order valence-corrected chi connectivity index (χ2v) is 11.9. The zero-order valence-corrected chi connectivity index (χ0v) is 23.3. The van der Waals surface area contributed by atoms with Crippen LogP contribution in [0.2, 0.25) is 0 Å². The predicted octanol–water partition coefficient (Wildman–Crippen LogP) is 6.19. The summed E-state index contributed by atoms with van der Waals surface area (Å²) in [7, 11) is 0. The molecular weight excluding hydrogens is 500 g/mol. The number of carbonyl (C=O) groups excluding carboxylic acids is 3. The van der Waals surface area contributed by atoms with Gasteiger partial charge in [0.15, 0.2) is 11.6 Å². The molecule has 40 heavy (non-hydrogen) atoms. The van der Waals surface area contributed by atoms with Crippen LogP contribution in [0.25, 0.3) is 6.08 Å². The third-order valence-electron chi connectivity index (χ3n) is 8.47. The first-order chi connectivity index (χ1) is 19.2. The van der Waals surface area contributed by atoms with Gasteiger partial charge < -0.3 is 15.0 Å². The molecule has 0 aromatic heterocycles. The van der Waals surface area contributed by atoms with E-state index < -0.39 is 28.8 Å². The normalized spacial score (nSPS) is 24.4. The summed E-state index contributed by atoms with van der Waals surface area (Å²) in [6.07, 6.45) is 4.77. The number of nitrogens with one attached hydrogen (secondary N) is 1. The topological polar surface area (TPSA) is 75.7 Å². The number of hydrogen-bond donors (Lipinski definition) is 1. The van der Waals surface area contributed by atoms with Crippen molar-refractivity contribution in [2.75, 3.05) is 11.9 Å². The van der Waals surface area contributed by atoms with E-state index in [1.54, 1.807) is 24.3 Å². The summed E-state index contributed by atoms with van der Waals surface area (Å²) >= 11 is 0.